The molecule has 0 aliphatic heterocycles. The molecule has 1 heterocycles. The van der Waals surface area contributed by atoms with Crippen LogP contribution < -0.4 is 10.5 Å². The van der Waals surface area contributed by atoms with E-state index >= 15 is 0 Å². The molecule has 0 spiro atoms. The molecule has 1 aliphatic rings. The number of nitrogens with zero attached hydrogens (tertiary/aromatic N) is 1. The summed E-state index contributed by atoms with van der Waals surface area (Å²) in [5.41, 5.74) is 4.05. The second-order valence-electron chi connectivity index (χ2n) is 7.63. The Morgan fingerprint density at radius 2 is 1.82 bits per heavy atom. The van der Waals surface area contributed by atoms with Crippen molar-refractivity contribution in [3.8, 4) is 0 Å². The fourth-order valence-electron chi connectivity index (χ4n) is 4.16. The molecule has 0 saturated heterocycles. The van der Waals surface area contributed by atoms with Gasteiger partial charge >= 0.3 is 0 Å². The van der Waals surface area contributed by atoms with Crippen molar-refractivity contribution in [2.24, 2.45) is 5.14 Å². The van der Waals surface area contributed by atoms with Crippen molar-refractivity contribution in [2.45, 2.75) is 56.9 Å². The highest BCUT2D eigenvalue weighted by Gasteiger charge is 2.23. The fourth-order valence-corrected chi connectivity index (χ4v) is 4.67. The van der Waals surface area contributed by atoms with E-state index in [1.165, 1.54) is 43.5 Å². The van der Waals surface area contributed by atoms with Gasteiger partial charge in [-0.15, -0.1) is 0 Å². The number of carbonyl (C=O) groups is 1. The summed E-state index contributed by atoms with van der Waals surface area (Å²) < 4.78 is 24.9. The molecule has 1 aliphatic carbocycles. The Balaban J connectivity index is 1.53. The Morgan fingerprint density at radius 3 is 2.43 bits per heavy atom. The number of carbonyl (C=O) groups excluding carboxylic acids is 1. The zero-order chi connectivity index (χ0) is 20.3. The highest BCUT2D eigenvalue weighted by atomic mass is 32.2. The number of hydrogen-bond donors (Lipinski definition) is 2. The van der Waals surface area contributed by atoms with Gasteiger partial charge in [-0.1, -0.05) is 25.0 Å². The lowest BCUT2D eigenvalue weighted by molar-refractivity contribution is 0.0990. The van der Waals surface area contributed by atoms with Crippen LogP contribution in [0.15, 0.2) is 35.2 Å². The normalized spacial score (nSPS) is 15.2. The molecule has 0 radical (unpaired) electrons. The average Bonchev–Trinajstić information content (AvgIpc) is 3.26. The summed E-state index contributed by atoms with van der Waals surface area (Å²) in [5, 5.41) is 8.30. The number of nitrogens with two attached hydrogens (primary N) is 1. The summed E-state index contributed by atoms with van der Waals surface area (Å²) in [6.07, 6.45) is 5.65. The van der Waals surface area contributed by atoms with Gasteiger partial charge in [-0.2, -0.15) is 0 Å². The molecule has 1 fully saturated rings. The SMILES string of the molecule is Cc1cc(C(=O)CNCCc2ccc(S(N)(=O)=O)cc2)c(C)n1C1CCCC1. The third-order valence-electron chi connectivity index (χ3n) is 5.60. The lowest BCUT2D eigenvalue weighted by atomic mass is 10.1. The van der Waals surface area contributed by atoms with Crippen LogP contribution in [0, 0.1) is 13.8 Å². The standard InChI is InChI=1S/C21H29N3O3S/c1-15-13-20(16(2)24(15)18-5-3-4-6-18)21(25)14-23-12-11-17-7-9-19(10-8-17)28(22,26)27/h7-10,13,18,23H,3-6,11-12,14H2,1-2H3,(H2,22,26,27). The first-order chi connectivity index (χ1) is 13.3. The van der Waals surface area contributed by atoms with E-state index in [4.69, 9.17) is 5.14 Å². The molecule has 0 atom stereocenters. The number of aryl methyl sites for hydroxylation is 1. The van der Waals surface area contributed by atoms with E-state index in [0.717, 1.165) is 16.8 Å². The number of rotatable bonds is 8. The van der Waals surface area contributed by atoms with Gasteiger partial charge in [0, 0.05) is 23.0 Å². The van der Waals surface area contributed by atoms with E-state index in [1.807, 2.05) is 13.0 Å². The molecule has 0 bridgehead atoms. The number of primary sulfonamides is 1. The maximum absolute atomic E-state index is 12.7. The van der Waals surface area contributed by atoms with Gasteiger partial charge in [0.2, 0.25) is 10.0 Å². The van der Waals surface area contributed by atoms with Crippen LogP contribution in [-0.2, 0) is 16.4 Å². The van der Waals surface area contributed by atoms with E-state index in [1.54, 1.807) is 12.1 Å². The lowest BCUT2D eigenvalue weighted by Crippen LogP contribution is -2.25. The molecular weight excluding hydrogens is 374 g/mol. The fraction of sp³-hybridized carbons (Fsp3) is 0.476. The largest absolute Gasteiger partial charge is 0.345 e. The highest BCUT2D eigenvalue weighted by Crippen LogP contribution is 2.33. The minimum absolute atomic E-state index is 0.108. The van der Waals surface area contributed by atoms with Gasteiger partial charge in [0.1, 0.15) is 0 Å². The van der Waals surface area contributed by atoms with Crippen LogP contribution >= 0.6 is 0 Å². The summed E-state index contributed by atoms with van der Waals surface area (Å²) in [6, 6.07) is 9.07. The average molecular weight is 404 g/mol. The summed E-state index contributed by atoms with van der Waals surface area (Å²) in [4.78, 5) is 12.8. The quantitative estimate of drug-likeness (QED) is 0.523. The molecule has 3 rings (SSSR count). The van der Waals surface area contributed by atoms with Gasteiger partial charge < -0.3 is 9.88 Å². The predicted molar refractivity (Wildman–Crippen MR) is 110 cm³/mol. The molecule has 7 heteroatoms. The van der Waals surface area contributed by atoms with Gasteiger partial charge in [-0.3, -0.25) is 4.79 Å². The van der Waals surface area contributed by atoms with Crippen molar-refractivity contribution in [1.29, 1.82) is 0 Å². The van der Waals surface area contributed by atoms with E-state index in [0.29, 0.717) is 25.6 Å². The number of nitrogens with one attached hydrogen (secondary N) is 1. The summed E-state index contributed by atoms with van der Waals surface area (Å²) >= 11 is 0. The molecular formula is C21H29N3O3S. The molecule has 28 heavy (non-hydrogen) atoms. The number of Topliss-reactive ketones (excluding diaryl/α,β-unsaturated/α-hetero) is 1. The lowest BCUT2D eigenvalue weighted by Gasteiger charge is -2.17. The number of ketones is 1. The molecule has 152 valence electrons. The Hall–Kier alpha value is -1.96. The third-order valence-corrected chi connectivity index (χ3v) is 6.53. The number of sulfonamides is 1. The van der Waals surface area contributed by atoms with Gasteiger partial charge in [-0.25, -0.2) is 13.6 Å². The van der Waals surface area contributed by atoms with E-state index in [9.17, 15) is 13.2 Å². The molecule has 1 aromatic heterocycles. The van der Waals surface area contributed by atoms with Crippen LogP contribution in [0.4, 0.5) is 0 Å². The van der Waals surface area contributed by atoms with Gasteiger partial charge in [0.15, 0.2) is 5.78 Å². The zero-order valence-electron chi connectivity index (χ0n) is 16.6. The van der Waals surface area contributed by atoms with Crippen LogP contribution in [0.2, 0.25) is 0 Å². The number of benzene rings is 1. The van der Waals surface area contributed by atoms with Crippen molar-refractivity contribution in [3.63, 3.8) is 0 Å². The van der Waals surface area contributed by atoms with Gasteiger partial charge in [-0.05, 0) is 63.4 Å². The first-order valence-corrected chi connectivity index (χ1v) is 11.4. The highest BCUT2D eigenvalue weighted by molar-refractivity contribution is 7.89. The van der Waals surface area contributed by atoms with Crippen LogP contribution in [-0.4, -0.2) is 31.9 Å². The first kappa shape index (κ1) is 20.8. The van der Waals surface area contributed by atoms with Gasteiger partial charge in [0.05, 0.1) is 11.4 Å². The third kappa shape index (κ3) is 4.71. The Morgan fingerprint density at radius 1 is 1.18 bits per heavy atom. The summed E-state index contributed by atoms with van der Waals surface area (Å²) in [5.74, 6) is 0.113. The minimum Gasteiger partial charge on any atom is -0.345 e. The van der Waals surface area contributed by atoms with E-state index < -0.39 is 10.0 Å². The smallest absolute Gasteiger partial charge is 0.238 e. The molecule has 1 aromatic carbocycles. The monoisotopic (exact) mass is 403 g/mol. The van der Waals surface area contributed by atoms with Crippen molar-refractivity contribution in [1.82, 2.24) is 9.88 Å². The van der Waals surface area contributed by atoms with Crippen LogP contribution in [0.1, 0.15) is 59.0 Å². The second kappa shape index (κ2) is 8.59. The molecule has 6 nitrogen and oxygen atoms in total. The van der Waals surface area contributed by atoms with Crippen LogP contribution in [0.5, 0.6) is 0 Å². The van der Waals surface area contributed by atoms with Crippen molar-refractivity contribution in [2.75, 3.05) is 13.1 Å². The molecule has 0 amide bonds. The van der Waals surface area contributed by atoms with Crippen molar-refractivity contribution >= 4 is 15.8 Å². The second-order valence-corrected chi connectivity index (χ2v) is 9.19. The molecule has 3 N–H and O–H groups in total. The molecule has 1 saturated carbocycles. The van der Waals surface area contributed by atoms with Crippen molar-refractivity contribution in [3.05, 3.63) is 52.8 Å². The molecule has 0 unspecified atom stereocenters. The van der Waals surface area contributed by atoms with E-state index in [-0.39, 0.29) is 10.7 Å². The minimum atomic E-state index is -3.66. The Kier molecular flexibility index (Phi) is 6.37. The van der Waals surface area contributed by atoms with Gasteiger partial charge in [0.25, 0.3) is 0 Å². The maximum Gasteiger partial charge on any atom is 0.238 e. The number of hydrogen-bond acceptors (Lipinski definition) is 4. The summed E-state index contributed by atoms with van der Waals surface area (Å²) in [7, 11) is -3.66. The maximum atomic E-state index is 12.7. The Bertz CT molecular complexity index is 940. The topological polar surface area (TPSA) is 94.2 Å². The zero-order valence-corrected chi connectivity index (χ0v) is 17.4. The summed E-state index contributed by atoms with van der Waals surface area (Å²) in [6.45, 7) is 5.07. The Labute approximate surface area is 167 Å². The van der Waals surface area contributed by atoms with Crippen molar-refractivity contribution < 1.29 is 13.2 Å². The first-order valence-electron chi connectivity index (χ1n) is 9.81. The number of aromatic nitrogens is 1. The van der Waals surface area contributed by atoms with E-state index in [2.05, 4.69) is 16.8 Å². The van der Waals surface area contributed by atoms with Crippen LogP contribution in [0.25, 0.3) is 0 Å². The molecule has 2 aromatic rings. The predicted octanol–water partition coefficient (Wildman–Crippen LogP) is 2.88. The van der Waals surface area contributed by atoms with Crippen LogP contribution in [0.3, 0.4) is 0 Å².